The number of aromatic nitrogens is 4. The van der Waals surface area contributed by atoms with Crippen molar-refractivity contribution in [1.29, 1.82) is 0 Å². The van der Waals surface area contributed by atoms with Crippen molar-refractivity contribution >= 4 is 11.6 Å². The largest absolute Gasteiger partial charge is 0.386 e. The number of aliphatic hydroxyl groups excluding tert-OH is 1. The summed E-state index contributed by atoms with van der Waals surface area (Å²) in [6.45, 7) is 1.85. The number of hydrogen-bond donors (Lipinski definition) is 1. The van der Waals surface area contributed by atoms with Crippen molar-refractivity contribution in [2.24, 2.45) is 14.1 Å². The minimum absolute atomic E-state index is 0.426. The van der Waals surface area contributed by atoms with Gasteiger partial charge in [0.1, 0.15) is 6.10 Å². The van der Waals surface area contributed by atoms with Crippen molar-refractivity contribution in [3.8, 4) is 0 Å². The average molecular weight is 255 g/mol. The molecule has 1 N–H and O–H groups in total. The molecule has 0 aliphatic carbocycles. The highest BCUT2D eigenvalue weighted by atomic mass is 35.5. The lowest BCUT2D eigenvalue weighted by Gasteiger charge is -2.11. The van der Waals surface area contributed by atoms with E-state index >= 15 is 0 Å². The fourth-order valence-corrected chi connectivity index (χ4v) is 2.14. The summed E-state index contributed by atoms with van der Waals surface area (Å²) in [6.07, 6.45) is 1.46. The summed E-state index contributed by atoms with van der Waals surface area (Å²) in [5.41, 5.74) is 2.37. The van der Waals surface area contributed by atoms with Gasteiger partial charge in [-0.25, -0.2) is 0 Å². The molecule has 2 aromatic heterocycles. The lowest BCUT2D eigenvalue weighted by Crippen LogP contribution is -2.10. The lowest BCUT2D eigenvalue weighted by atomic mass is 10.1. The third-order valence-corrected chi connectivity index (χ3v) is 3.34. The minimum Gasteiger partial charge on any atom is -0.386 e. The summed E-state index contributed by atoms with van der Waals surface area (Å²) < 4.78 is 3.36. The fraction of sp³-hybridized carbons (Fsp3) is 0.455. The van der Waals surface area contributed by atoms with Crippen LogP contribution in [0.4, 0.5) is 0 Å². The Balaban J connectivity index is 2.24. The van der Waals surface area contributed by atoms with Gasteiger partial charge in [-0.15, -0.1) is 0 Å². The van der Waals surface area contributed by atoms with Crippen molar-refractivity contribution in [1.82, 2.24) is 19.6 Å². The van der Waals surface area contributed by atoms with Crippen LogP contribution in [-0.4, -0.2) is 24.7 Å². The van der Waals surface area contributed by atoms with Crippen LogP contribution >= 0.6 is 11.6 Å². The topological polar surface area (TPSA) is 55.9 Å². The monoisotopic (exact) mass is 254 g/mol. The SMILES string of the molecule is Cc1nn(C)c(CC(O)c2ccnn2C)c1Cl. The van der Waals surface area contributed by atoms with Gasteiger partial charge >= 0.3 is 0 Å². The fourth-order valence-electron chi connectivity index (χ4n) is 1.90. The van der Waals surface area contributed by atoms with Crippen LogP contribution < -0.4 is 0 Å². The molecule has 92 valence electrons. The Morgan fingerprint density at radius 1 is 1.41 bits per heavy atom. The Hall–Kier alpha value is -1.33. The first-order chi connectivity index (χ1) is 8.00. The molecule has 1 atom stereocenters. The zero-order valence-corrected chi connectivity index (χ0v) is 10.8. The van der Waals surface area contributed by atoms with Gasteiger partial charge in [-0.1, -0.05) is 11.6 Å². The number of hydrogen-bond acceptors (Lipinski definition) is 3. The van der Waals surface area contributed by atoms with Crippen LogP contribution in [0.2, 0.25) is 5.02 Å². The van der Waals surface area contributed by atoms with Gasteiger partial charge in [0.2, 0.25) is 0 Å². The molecule has 2 aromatic rings. The maximum atomic E-state index is 10.1. The highest BCUT2D eigenvalue weighted by molar-refractivity contribution is 6.31. The molecule has 0 saturated heterocycles. The second kappa shape index (κ2) is 4.50. The van der Waals surface area contributed by atoms with Crippen LogP contribution in [0.25, 0.3) is 0 Å². The Morgan fingerprint density at radius 2 is 2.12 bits per heavy atom. The highest BCUT2D eigenvalue weighted by Gasteiger charge is 2.18. The van der Waals surface area contributed by atoms with E-state index in [9.17, 15) is 5.11 Å². The van der Waals surface area contributed by atoms with Crippen LogP contribution in [-0.2, 0) is 20.5 Å². The third-order valence-electron chi connectivity index (χ3n) is 2.85. The maximum Gasteiger partial charge on any atom is 0.101 e. The Bertz CT molecular complexity index is 532. The molecular formula is C11H15ClN4O. The second-order valence-electron chi connectivity index (χ2n) is 4.07. The summed E-state index contributed by atoms with van der Waals surface area (Å²) in [7, 11) is 3.62. The molecule has 0 spiro atoms. The molecule has 0 aliphatic heterocycles. The molecule has 1 unspecified atom stereocenters. The first-order valence-electron chi connectivity index (χ1n) is 5.34. The quantitative estimate of drug-likeness (QED) is 0.901. The van der Waals surface area contributed by atoms with Gasteiger partial charge in [-0.3, -0.25) is 9.36 Å². The first-order valence-corrected chi connectivity index (χ1v) is 5.72. The number of nitrogens with zero attached hydrogens (tertiary/aromatic N) is 4. The Kier molecular flexibility index (Phi) is 3.22. The Labute approximate surface area is 105 Å². The van der Waals surface area contributed by atoms with Crippen LogP contribution in [0.3, 0.4) is 0 Å². The molecule has 0 radical (unpaired) electrons. The number of halogens is 1. The van der Waals surface area contributed by atoms with Crippen LogP contribution in [0.15, 0.2) is 12.3 Å². The van der Waals surface area contributed by atoms with Gasteiger partial charge < -0.3 is 5.11 Å². The van der Waals surface area contributed by atoms with Crippen molar-refractivity contribution in [3.05, 3.63) is 34.4 Å². The van der Waals surface area contributed by atoms with Gasteiger partial charge in [0.25, 0.3) is 0 Å². The van der Waals surface area contributed by atoms with Crippen molar-refractivity contribution in [2.45, 2.75) is 19.4 Å². The predicted octanol–water partition coefficient (Wildman–Crippen LogP) is 1.39. The van der Waals surface area contributed by atoms with Crippen molar-refractivity contribution in [3.63, 3.8) is 0 Å². The highest BCUT2D eigenvalue weighted by Crippen LogP contribution is 2.25. The third kappa shape index (κ3) is 2.21. The van der Waals surface area contributed by atoms with Crippen molar-refractivity contribution in [2.75, 3.05) is 0 Å². The van der Waals surface area contributed by atoms with E-state index in [-0.39, 0.29) is 0 Å². The van der Waals surface area contributed by atoms with E-state index in [0.29, 0.717) is 11.4 Å². The summed E-state index contributed by atoms with van der Waals surface area (Å²) >= 11 is 6.14. The molecule has 0 aliphatic rings. The minimum atomic E-state index is -0.630. The zero-order valence-electron chi connectivity index (χ0n) is 10.1. The molecular weight excluding hydrogens is 240 g/mol. The molecule has 6 heteroatoms. The van der Waals surface area contributed by atoms with E-state index < -0.39 is 6.10 Å². The van der Waals surface area contributed by atoms with E-state index in [1.54, 1.807) is 28.7 Å². The smallest absolute Gasteiger partial charge is 0.101 e. The molecule has 0 aromatic carbocycles. The van der Waals surface area contributed by atoms with E-state index in [2.05, 4.69) is 10.2 Å². The van der Waals surface area contributed by atoms with Gasteiger partial charge in [-0.05, 0) is 13.0 Å². The van der Waals surface area contributed by atoms with Crippen LogP contribution in [0.1, 0.15) is 23.2 Å². The zero-order chi connectivity index (χ0) is 12.6. The standard InChI is InChI=1S/C11H15ClN4O/c1-7-11(12)9(16(3)14-7)6-10(17)8-4-5-13-15(8)2/h4-5,10,17H,6H2,1-3H3. The first kappa shape index (κ1) is 12.1. The van der Waals surface area contributed by atoms with E-state index in [4.69, 9.17) is 11.6 Å². The number of aliphatic hydroxyl groups is 1. The summed E-state index contributed by atoms with van der Waals surface area (Å²) in [4.78, 5) is 0. The molecule has 0 bridgehead atoms. The molecule has 0 fully saturated rings. The summed E-state index contributed by atoms with van der Waals surface area (Å²) in [6, 6.07) is 1.79. The summed E-state index contributed by atoms with van der Waals surface area (Å²) in [5.74, 6) is 0. The molecule has 0 saturated carbocycles. The second-order valence-corrected chi connectivity index (χ2v) is 4.45. The molecule has 0 amide bonds. The van der Waals surface area contributed by atoms with E-state index in [0.717, 1.165) is 17.1 Å². The maximum absolute atomic E-state index is 10.1. The Morgan fingerprint density at radius 3 is 2.59 bits per heavy atom. The molecule has 17 heavy (non-hydrogen) atoms. The lowest BCUT2D eigenvalue weighted by molar-refractivity contribution is 0.166. The molecule has 5 nitrogen and oxygen atoms in total. The average Bonchev–Trinajstić information content (AvgIpc) is 2.78. The van der Waals surface area contributed by atoms with E-state index in [1.807, 2.05) is 14.0 Å². The number of aryl methyl sites for hydroxylation is 3. The number of rotatable bonds is 3. The van der Waals surface area contributed by atoms with Gasteiger partial charge in [0, 0.05) is 26.7 Å². The molecule has 2 rings (SSSR count). The van der Waals surface area contributed by atoms with Crippen LogP contribution in [0.5, 0.6) is 0 Å². The van der Waals surface area contributed by atoms with Gasteiger partial charge in [-0.2, -0.15) is 10.2 Å². The normalized spacial score (nSPS) is 13.0. The van der Waals surface area contributed by atoms with Crippen molar-refractivity contribution < 1.29 is 5.11 Å². The van der Waals surface area contributed by atoms with Gasteiger partial charge in [0.15, 0.2) is 0 Å². The van der Waals surface area contributed by atoms with Gasteiger partial charge in [0.05, 0.1) is 22.1 Å². The van der Waals surface area contributed by atoms with Crippen LogP contribution in [0, 0.1) is 6.92 Å². The predicted molar refractivity (Wildman–Crippen MR) is 64.8 cm³/mol. The summed E-state index contributed by atoms with van der Waals surface area (Å²) in [5, 5.41) is 19.0. The van der Waals surface area contributed by atoms with E-state index in [1.165, 1.54) is 0 Å². The molecule has 2 heterocycles.